The molecule has 7 nitrogen and oxygen atoms in total. The van der Waals surface area contributed by atoms with Crippen LogP contribution in [0, 0.1) is 0 Å². The van der Waals surface area contributed by atoms with Crippen molar-refractivity contribution in [2.45, 2.75) is 0 Å². The first-order valence-electron chi connectivity index (χ1n) is 7.54. The first kappa shape index (κ1) is 17.6. The maximum atomic E-state index is 12.4. The Kier molecular flexibility index (Phi) is 4.73. The van der Waals surface area contributed by atoms with Gasteiger partial charge in [0.15, 0.2) is 6.20 Å². The summed E-state index contributed by atoms with van der Waals surface area (Å²) in [4.78, 5) is 16.4. The van der Waals surface area contributed by atoms with Crippen LogP contribution in [0.15, 0.2) is 62.7 Å². The third kappa shape index (κ3) is 3.04. The fourth-order valence-corrected chi connectivity index (χ4v) is 2.70. The first-order chi connectivity index (χ1) is 12.2. The van der Waals surface area contributed by atoms with Crippen LogP contribution in [-0.2, 0) is 7.05 Å². The SMILES string of the molecule is COc1ccc2cc(-c3ccc(-c4ncon4)[n+](C)c3)c(=O)oc2c1.[Cl-]. The Hall–Kier alpha value is -3.19. The predicted molar refractivity (Wildman–Crippen MR) is 88.9 cm³/mol. The van der Waals surface area contributed by atoms with E-state index in [1.165, 1.54) is 6.39 Å². The number of hydrogen-bond acceptors (Lipinski definition) is 6. The highest BCUT2D eigenvalue weighted by atomic mass is 35.5. The van der Waals surface area contributed by atoms with Crippen LogP contribution in [0.4, 0.5) is 0 Å². The minimum atomic E-state index is -0.409. The standard InChI is InChI=1S/C18H14N3O4.ClH/c1-21-9-12(4-6-15(21)17-19-10-24-20-17)14-7-11-3-5-13(23-2)8-16(11)25-18(14)22;/h3-10H,1-2H3;1H/q+1;/p-1. The fraction of sp³-hybridized carbons (Fsp3) is 0.111. The van der Waals surface area contributed by atoms with Crippen LogP contribution in [0.2, 0.25) is 0 Å². The van der Waals surface area contributed by atoms with Gasteiger partial charge in [-0.25, -0.2) is 4.79 Å². The summed E-state index contributed by atoms with van der Waals surface area (Å²) in [6.45, 7) is 0. The van der Waals surface area contributed by atoms with Crippen LogP contribution in [0.5, 0.6) is 5.75 Å². The Bertz CT molecular complexity index is 1120. The molecule has 0 fully saturated rings. The zero-order valence-electron chi connectivity index (χ0n) is 14.0. The molecule has 0 aliphatic rings. The summed E-state index contributed by atoms with van der Waals surface area (Å²) in [7, 11) is 3.42. The van der Waals surface area contributed by atoms with E-state index in [9.17, 15) is 4.79 Å². The molecule has 1 aromatic carbocycles. The van der Waals surface area contributed by atoms with Crippen molar-refractivity contribution in [1.29, 1.82) is 0 Å². The number of aryl methyl sites for hydroxylation is 1. The van der Waals surface area contributed by atoms with E-state index in [2.05, 4.69) is 10.1 Å². The summed E-state index contributed by atoms with van der Waals surface area (Å²) in [5, 5.41) is 4.65. The molecule has 0 spiro atoms. The van der Waals surface area contributed by atoms with Gasteiger partial charge in [0.1, 0.15) is 18.4 Å². The van der Waals surface area contributed by atoms with E-state index in [-0.39, 0.29) is 12.4 Å². The first-order valence-corrected chi connectivity index (χ1v) is 7.54. The van der Waals surface area contributed by atoms with Gasteiger partial charge in [0.25, 0.3) is 11.5 Å². The minimum Gasteiger partial charge on any atom is -1.00 e. The van der Waals surface area contributed by atoms with Gasteiger partial charge < -0.3 is 26.1 Å². The summed E-state index contributed by atoms with van der Waals surface area (Å²) in [5.41, 5.74) is 2.07. The minimum absolute atomic E-state index is 0. The number of aromatic nitrogens is 3. The lowest BCUT2D eigenvalue weighted by Gasteiger charge is -2.04. The quantitative estimate of drug-likeness (QED) is 0.351. The Morgan fingerprint density at radius 3 is 2.69 bits per heavy atom. The lowest BCUT2D eigenvalue weighted by Crippen LogP contribution is -3.00. The van der Waals surface area contributed by atoms with E-state index >= 15 is 0 Å². The Morgan fingerprint density at radius 1 is 1.15 bits per heavy atom. The van der Waals surface area contributed by atoms with Gasteiger partial charge in [-0.05, 0) is 24.3 Å². The maximum absolute atomic E-state index is 12.4. The summed E-state index contributed by atoms with van der Waals surface area (Å²) >= 11 is 0. The number of nitrogens with zero attached hydrogens (tertiary/aromatic N) is 3. The van der Waals surface area contributed by atoms with Crippen LogP contribution in [0.1, 0.15) is 0 Å². The molecule has 0 unspecified atom stereocenters. The number of fused-ring (bicyclic) bond motifs is 1. The predicted octanol–water partition coefficient (Wildman–Crippen LogP) is -0.653. The Labute approximate surface area is 154 Å². The second kappa shape index (κ2) is 6.97. The highest BCUT2D eigenvalue weighted by molar-refractivity contribution is 5.82. The Morgan fingerprint density at radius 2 is 2.00 bits per heavy atom. The van der Waals surface area contributed by atoms with Gasteiger partial charge in [0.05, 0.1) is 18.2 Å². The molecule has 0 aliphatic carbocycles. The number of benzene rings is 1. The molecule has 4 rings (SSSR count). The normalized spacial score (nSPS) is 10.5. The molecule has 0 N–H and O–H groups in total. The van der Waals surface area contributed by atoms with E-state index < -0.39 is 5.63 Å². The van der Waals surface area contributed by atoms with E-state index in [0.717, 1.165) is 16.6 Å². The summed E-state index contributed by atoms with van der Waals surface area (Å²) in [5.74, 6) is 1.12. The average Bonchev–Trinajstić information content (AvgIpc) is 3.14. The number of rotatable bonds is 3. The van der Waals surface area contributed by atoms with Crippen molar-refractivity contribution in [3.63, 3.8) is 0 Å². The van der Waals surface area contributed by atoms with Crippen LogP contribution in [0.25, 0.3) is 33.6 Å². The molecular weight excluding hydrogens is 358 g/mol. The second-order valence-corrected chi connectivity index (χ2v) is 5.52. The monoisotopic (exact) mass is 371 g/mol. The van der Waals surface area contributed by atoms with Crippen molar-refractivity contribution in [2.24, 2.45) is 7.05 Å². The summed E-state index contributed by atoms with van der Waals surface area (Å²) < 4.78 is 17.2. The van der Waals surface area contributed by atoms with Gasteiger partial charge in [-0.15, -0.1) is 0 Å². The molecule has 0 aliphatic heterocycles. The molecule has 0 radical (unpaired) electrons. The van der Waals surface area contributed by atoms with Crippen molar-refractivity contribution in [3.8, 4) is 28.4 Å². The number of hydrogen-bond donors (Lipinski definition) is 0. The molecule has 26 heavy (non-hydrogen) atoms. The number of pyridine rings is 1. The number of ether oxygens (including phenoxy) is 1. The Balaban J connectivity index is 0.00000196. The van der Waals surface area contributed by atoms with Crippen LogP contribution in [0.3, 0.4) is 0 Å². The highest BCUT2D eigenvalue weighted by Gasteiger charge is 2.17. The van der Waals surface area contributed by atoms with E-state index in [1.807, 2.05) is 48.1 Å². The molecule has 4 aromatic rings. The summed E-state index contributed by atoms with van der Waals surface area (Å²) in [6, 6.07) is 10.8. The molecule has 132 valence electrons. The van der Waals surface area contributed by atoms with Gasteiger partial charge in [0.2, 0.25) is 6.39 Å². The lowest BCUT2D eigenvalue weighted by atomic mass is 10.1. The molecule has 0 saturated carbocycles. The topological polar surface area (TPSA) is 82.2 Å². The van der Waals surface area contributed by atoms with Gasteiger partial charge >= 0.3 is 5.63 Å². The van der Waals surface area contributed by atoms with Crippen molar-refractivity contribution in [2.75, 3.05) is 7.11 Å². The van der Waals surface area contributed by atoms with E-state index in [1.54, 1.807) is 13.2 Å². The zero-order chi connectivity index (χ0) is 17.4. The molecule has 0 atom stereocenters. The van der Waals surface area contributed by atoms with Crippen molar-refractivity contribution < 1.29 is 30.7 Å². The molecule has 0 saturated heterocycles. The maximum Gasteiger partial charge on any atom is 0.344 e. The third-order valence-electron chi connectivity index (χ3n) is 3.98. The van der Waals surface area contributed by atoms with Gasteiger partial charge in [0, 0.05) is 17.5 Å². The van der Waals surface area contributed by atoms with Gasteiger partial charge in [-0.2, -0.15) is 9.55 Å². The van der Waals surface area contributed by atoms with Gasteiger partial charge in [-0.1, -0.05) is 5.16 Å². The van der Waals surface area contributed by atoms with Crippen molar-refractivity contribution in [3.05, 3.63) is 59.4 Å². The highest BCUT2D eigenvalue weighted by Crippen LogP contribution is 2.24. The summed E-state index contributed by atoms with van der Waals surface area (Å²) in [6.07, 6.45) is 3.10. The second-order valence-electron chi connectivity index (χ2n) is 5.52. The van der Waals surface area contributed by atoms with Crippen LogP contribution < -0.4 is 27.3 Å². The van der Waals surface area contributed by atoms with E-state index in [0.29, 0.717) is 22.7 Å². The number of halogens is 1. The average molecular weight is 372 g/mol. The largest absolute Gasteiger partial charge is 1.00 e. The molecule has 0 bridgehead atoms. The molecular formula is C18H14ClN3O4. The van der Waals surface area contributed by atoms with E-state index in [4.69, 9.17) is 13.7 Å². The smallest absolute Gasteiger partial charge is 0.344 e. The molecule has 3 aromatic heterocycles. The van der Waals surface area contributed by atoms with Crippen molar-refractivity contribution in [1.82, 2.24) is 10.1 Å². The van der Waals surface area contributed by atoms with Crippen LogP contribution >= 0.6 is 0 Å². The molecule has 3 heterocycles. The van der Waals surface area contributed by atoms with Crippen molar-refractivity contribution >= 4 is 11.0 Å². The third-order valence-corrected chi connectivity index (χ3v) is 3.98. The number of methoxy groups -OCH3 is 1. The van der Waals surface area contributed by atoms with Crippen LogP contribution in [-0.4, -0.2) is 17.3 Å². The molecule has 8 heteroatoms. The molecule has 0 amide bonds. The zero-order valence-corrected chi connectivity index (χ0v) is 14.7. The van der Waals surface area contributed by atoms with Gasteiger partial charge in [-0.3, -0.25) is 0 Å². The lowest BCUT2D eigenvalue weighted by molar-refractivity contribution is -0.660. The fourth-order valence-electron chi connectivity index (χ4n) is 2.70.